The van der Waals surface area contributed by atoms with Crippen LogP contribution in [-0.4, -0.2) is 37.0 Å². The van der Waals surface area contributed by atoms with E-state index in [4.69, 9.17) is 0 Å². The zero-order valence-corrected chi connectivity index (χ0v) is 12.6. The number of piperazine rings is 1. The molecule has 3 nitrogen and oxygen atoms in total. The highest BCUT2D eigenvalue weighted by atomic mass is 16.2. The van der Waals surface area contributed by atoms with Gasteiger partial charge in [0.1, 0.15) is 0 Å². The lowest BCUT2D eigenvalue weighted by atomic mass is 9.69. The number of carbonyl (C=O) groups is 1. The zero-order chi connectivity index (χ0) is 14.2. The molecule has 1 saturated heterocycles. The van der Waals surface area contributed by atoms with Crippen molar-refractivity contribution in [3.63, 3.8) is 0 Å². The van der Waals surface area contributed by atoms with Gasteiger partial charge >= 0.3 is 0 Å². The van der Waals surface area contributed by atoms with E-state index >= 15 is 0 Å². The molecule has 1 amide bonds. The monoisotopic (exact) mass is 272 g/mol. The maximum absolute atomic E-state index is 12.5. The average Bonchev–Trinajstić information content (AvgIpc) is 2.45. The summed E-state index contributed by atoms with van der Waals surface area (Å²) in [6.07, 6.45) is 3.36. The Balaban J connectivity index is 1.59. The maximum atomic E-state index is 12.5. The van der Waals surface area contributed by atoms with Crippen molar-refractivity contribution in [3.8, 4) is 0 Å². The van der Waals surface area contributed by atoms with Crippen molar-refractivity contribution in [1.29, 1.82) is 0 Å². The Morgan fingerprint density at radius 3 is 2.15 bits per heavy atom. The molecular weight excluding hydrogens is 248 g/mol. The van der Waals surface area contributed by atoms with Crippen LogP contribution in [0.15, 0.2) is 24.3 Å². The number of rotatable bonds is 2. The second kappa shape index (κ2) is 5.12. The second-order valence-corrected chi connectivity index (χ2v) is 6.53. The summed E-state index contributed by atoms with van der Waals surface area (Å²) in [5, 5.41) is 0. The van der Waals surface area contributed by atoms with Crippen LogP contribution in [0, 0.1) is 12.3 Å². The van der Waals surface area contributed by atoms with E-state index in [1.807, 2.05) is 0 Å². The van der Waals surface area contributed by atoms with Crippen LogP contribution in [-0.2, 0) is 4.79 Å². The first-order chi connectivity index (χ1) is 9.58. The lowest BCUT2D eigenvalue weighted by Gasteiger charge is -2.44. The minimum Gasteiger partial charge on any atom is -0.368 e. The molecule has 1 saturated carbocycles. The van der Waals surface area contributed by atoms with Gasteiger partial charge in [0.05, 0.1) is 0 Å². The predicted molar refractivity (Wildman–Crippen MR) is 81.9 cm³/mol. The molecule has 1 aliphatic heterocycles. The van der Waals surface area contributed by atoms with Crippen LogP contribution in [0.25, 0.3) is 0 Å². The van der Waals surface area contributed by atoms with E-state index in [-0.39, 0.29) is 5.41 Å². The van der Waals surface area contributed by atoms with Gasteiger partial charge in [-0.3, -0.25) is 4.79 Å². The van der Waals surface area contributed by atoms with Gasteiger partial charge in [0.25, 0.3) is 0 Å². The predicted octanol–water partition coefficient (Wildman–Crippen LogP) is 2.83. The van der Waals surface area contributed by atoms with Crippen molar-refractivity contribution in [2.45, 2.75) is 33.1 Å². The summed E-state index contributed by atoms with van der Waals surface area (Å²) in [4.78, 5) is 17.0. The van der Waals surface area contributed by atoms with Crippen molar-refractivity contribution in [1.82, 2.24) is 4.90 Å². The zero-order valence-electron chi connectivity index (χ0n) is 12.6. The second-order valence-electron chi connectivity index (χ2n) is 6.53. The molecule has 0 spiro atoms. The van der Waals surface area contributed by atoms with Crippen molar-refractivity contribution < 1.29 is 4.79 Å². The molecule has 108 valence electrons. The summed E-state index contributed by atoms with van der Waals surface area (Å²) in [5.74, 6) is 0.382. The van der Waals surface area contributed by atoms with Gasteiger partial charge in [-0.25, -0.2) is 0 Å². The minimum atomic E-state index is -0.0496. The van der Waals surface area contributed by atoms with E-state index in [0.717, 1.165) is 39.0 Å². The SMILES string of the molecule is Cc1ccc(N2CCN(C(=O)C3(C)CCC3)CC2)cc1. The first-order valence-corrected chi connectivity index (χ1v) is 7.69. The standard InChI is InChI=1S/C17H24N2O/c1-14-4-6-15(7-5-14)18-10-12-19(13-11-18)16(20)17(2)8-3-9-17/h4-7H,3,8-13H2,1-2H3. The fourth-order valence-corrected chi connectivity index (χ4v) is 3.23. The Labute approximate surface area is 121 Å². The third-order valence-corrected chi connectivity index (χ3v) is 4.94. The van der Waals surface area contributed by atoms with Crippen LogP contribution in [0.1, 0.15) is 31.7 Å². The quantitative estimate of drug-likeness (QED) is 0.826. The van der Waals surface area contributed by atoms with E-state index in [2.05, 4.69) is 47.9 Å². The number of anilines is 1. The molecule has 3 rings (SSSR count). The summed E-state index contributed by atoms with van der Waals surface area (Å²) < 4.78 is 0. The highest BCUT2D eigenvalue weighted by Crippen LogP contribution is 2.42. The molecule has 0 bridgehead atoms. The topological polar surface area (TPSA) is 23.6 Å². The molecule has 20 heavy (non-hydrogen) atoms. The number of amides is 1. The van der Waals surface area contributed by atoms with Gasteiger partial charge in [-0.2, -0.15) is 0 Å². The van der Waals surface area contributed by atoms with Crippen molar-refractivity contribution in [2.24, 2.45) is 5.41 Å². The lowest BCUT2D eigenvalue weighted by Crippen LogP contribution is -2.54. The molecule has 1 aromatic rings. The van der Waals surface area contributed by atoms with Crippen molar-refractivity contribution in [2.75, 3.05) is 31.1 Å². The summed E-state index contributed by atoms with van der Waals surface area (Å²) in [7, 11) is 0. The number of hydrogen-bond donors (Lipinski definition) is 0. The third-order valence-electron chi connectivity index (χ3n) is 4.94. The van der Waals surface area contributed by atoms with E-state index in [0.29, 0.717) is 5.91 Å². The highest BCUT2D eigenvalue weighted by molar-refractivity contribution is 5.83. The van der Waals surface area contributed by atoms with E-state index in [1.54, 1.807) is 0 Å². The first-order valence-electron chi connectivity index (χ1n) is 7.69. The number of nitrogens with zero attached hydrogens (tertiary/aromatic N) is 2. The fourth-order valence-electron chi connectivity index (χ4n) is 3.23. The van der Waals surface area contributed by atoms with E-state index in [1.165, 1.54) is 17.7 Å². The van der Waals surface area contributed by atoms with Crippen molar-refractivity contribution >= 4 is 11.6 Å². The number of carbonyl (C=O) groups excluding carboxylic acids is 1. The molecule has 1 heterocycles. The third kappa shape index (κ3) is 2.41. The molecule has 2 fully saturated rings. The molecule has 1 aliphatic carbocycles. The van der Waals surface area contributed by atoms with Crippen LogP contribution >= 0.6 is 0 Å². The highest BCUT2D eigenvalue weighted by Gasteiger charge is 2.42. The largest absolute Gasteiger partial charge is 0.368 e. The Hall–Kier alpha value is -1.51. The summed E-state index contributed by atoms with van der Waals surface area (Å²) in [6, 6.07) is 8.67. The lowest BCUT2D eigenvalue weighted by molar-refractivity contribution is -0.146. The van der Waals surface area contributed by atoms with Crippen LogP contribution in [0.3, 0.4) is 0 Å². The Kier molecular flexibility index (Phi) is 3.45. The number of hydrogen-bond acceptors (Lipinski definition) is 2. The van der Waals surface area contributed by atoms with Gasteiger partial charge in [0.15, 0.2) is 0 Å². The first kappa shape index (κ1) is 13.5. The molecule has 0 unspecified atom stereocenters. The summed E-state index contributed by atoms with van der Waals surface area (Å²) in [6.45, 7) is 7.87. The van der Waals surface area contributed by atoms with E-state index < -0.39 is 0 Å². The average molecular weight is 272 g/mol. The molecule has 1 aromatic carbocycles. The van der Waals surface area contributed by atoms with Gasteiger partial charge in [-0.1, -0.05) is 31.0 Å². The van der Waals surface area contributed by atoms with Crippen molar-refractivity contribution in [3.05, 3.63) is 29.8 Å². The Morgan fingerprint density at radius 2 is 1.65 bits per heavy atom. The van der Waals surface area contributed by atoms with E-state index in [9.17, 15) is 4.79 Å². The molecule has 0 atom stereocenters. The number of aryl methyl sites for hydroxylation is 1. The van der Waals surface area contributed by atoms with Gasteiger partial charge in [-0.05, 0) is 31.9 Å². The van der Waals surface area contributed by atoms with Crippen LogP contribution in [0.5, 0.6) is 0 Å². The van der Waals surface area contributed by atoms with Gasteiger partial charge in [0, 0.05) is 37.3 Å². The summed E-state index contributed by atoms with van der Waals surface area (Å²) >= 11 is 0. The summed E-state index contributed by atoms with van der Waals surface area (Å²) in [5.41, 5.74) is 2.52. The van der Waals surface area contributed by atoms with Gasteiger partial charge < -0.3 is 9.80 Å². The Morgan fingerprint density at radius 1 is 1.05 bits per heavy atom. The minimum absolute atomic E-state index is 0.0496. The normalized spacial score (nSPS) is 21.5. The molecule has 2 aliphatic rings. The van der Waals surface area contributed by atoms with Crippen LogP contribution in [0.2, 0.25) is 0 Å². The Bertz CT molecular complexity index is 482. The molecule has 0 N–H and O–H groups in total. The molecule has 0 aromatic heterocycles. The van der Waals surface area contributed by atoms with Gasteiger partial charge in [-0.15, -0.1) is 0 Å². The smallest absolute Gasteiger partial charge is 0.228 e. The van der Waals surface area contributed by atoms with Crippen LogP contribution < -0.4 is 4.90 Å². The molecular formula is C17H24N2O. The molecule has 0 radical (unpaired) electrons. The van der Waals surface area contributed by atoms with Gasteiger partial charge in [0.2, 0.25) is 5.91 Å². The number of benzene rings is 1. The maximum Gasteiger partial charge on any atom is 0.228 e. The fraction of sp³-hybridized carbons (Fsp3) is 0.588. The van der Waals surface area contributed by atoms with Crippen LogP contribution in [0.4, 0.5) is 5.69 Å². The molecule has 3 heteroatoms.